The topological polar surface area (TPSA) is 80.3 Å². The molecule has 1 aromatic heterocycles. The molecule has 0 unspecified atom stereocenters. The molecule has 0 aliphatic heterocycles. The van der Waals surface area contributed by atoms with E-state index in [9.17, 15) is 10.1 Å². The van der Waals surface area contributed by atoms with Gasteiger partial charge in [-0.2, -0.15) is 0 Å². The number of hydrogen-bond donors (Lipinski definition) is 2. The van der Waals surface area contributed by atoms with Crippen molar-refractivity contribution in [2.24, 2.45) is 0 Å². The van der Waals surface area contributed by atoms with Gasteiger partial charge in [-0.3, -0.25) is 10.1 Å². The van der Waals surface area contributed by atoms with Gasteiger partial charge in [0.1, 0.15) is 11.5 Å². The molecule has 2 N–H and O–H groups in total. The van der Waals surface area contributed by atoms with Crippen LogP contribution in [0.2, 0.25) is 10.0 Å². The maximum atomic E-state index is 10.7. The third kappa shape index (κ3) is 5.87. The van der Waals surface area contributed by atoms with Crippen molar-refractivity contribution in [3.63, 3.8) is 0 Å². The first-order valence-corrected chi connectivity index (χ1v) is 9.44. The second-order valence-corrected chi connectivity index (χ2v) is 7.02. The molecule has 2 aromatic carbocycles. The van der Waals surface area contributed by atoms with E-state index in [1.54, 1.807) is 6.07 Å². The third-order valence-electron chi connectivity index (χ3n) is 4.27. The van der Waals surface area contributed by atoms with Gasteiger partial charge in [-0.05, 0) is 36.8 Å². The van der Waals surface area contributed by atoms with E-state index in [1.807, 2.05) is 37.3 Å². The number of nitrogens with one attached hydrogen (secondary N) is 2. The van der Waals surface area contributed by atoms with Gasteiger partial charge in [0.25, 0.3) is 5.69 Å². The number of rotatable bonds is 8. The van der Waals surface area contributed by atoms with Gasteiger partial charge in [-0.25, -0.2) is 0 Å². The Labute approximate surface area is 184 Å². The Morgan fingerprint density at radius 1 is 1.07 bits per heavy atom. The molecule has 29 heavy (non-hydrogen) atoms. The lowest BCUT2D eigenvalue weighted by Gasteiger charge is -2.09. The van der Waals surface area contributed by atoms with Crippen molar-refractivity contribution in [2.75, 3.05) is 18.4 Å². The van der Waals surface area contributed by atoms with Gasteiger partial charge in [-0.15, -0.1) is 12.4 Å². The molecule has 0 bridgehead atoms. The largest absolute Gasteiger partial charge is 0.460 e. The first-order chi connectivity index (χ1) is 13.5. The lowest BCUT2D eigenvalue weighted by molar-refractivity contribution is -0.384. The summed E-state index contributed by atoms with van der Waals surface area (Å²) < 4.78 is 5.90. The number of nitro benzene ring substituents is 1. The number of halogens is 3. The summed E-state index contributed by atoms with van der Waals surface area (Å²) in [5.74, 6) is 1.61. The Kier molecular flexibility index (Phi) is 8.34. The van der Waals surface area contributed by atoms with Crippen LogP contribution in [0.25, 0.3) is 11.3 Å². The van der Waals surface area contributed by atoms with Gasteiger partial charge < -0.3 is 15.1 Å². The van der Waals surface area contributed by atoms with Gasteiger partial charge in [-0.1, -0.05) is 35.3 Å². The number of benzene rings is 2. The van der Waals surface area contributed by atoms with E-state index in [4.69, 9.17) is 27.6 Å². The van der Waals surface area contributed by atoms with E-state index >= 15 is 0 Å². The van der Waals surface area contributed by atoms with Crippen LogP contribution in [0.5, 0.6) is 0 Å². The van der Waals surface area contributed by atoms with E-state index in [0.717, 1.165) is 22.6 Å². The summed E-state index contributed by atoms with van der Waals surface area (Å²) in [4.78, 5) is 10.3. The van der Waals surface area contributed by atoms with Gasteiger partial charge in [0.2, 0.25) is 0 Å². The zero-order valence-electron chi connectivity index (χ0n) is 15.6. The van der Waals surface area contributed by atoms with Crippen LogP contribution in [0.3, 0.4) is 0 Å². The molecular formula is C20H20Cl3N3O3. The summed E-state index contributed by atoms with van der Waals surface area (Å²) >= 11 is 12.2. The summed E-state index contributed by atoms with van der Waals surface area (Å²) in [7, 11) is 0. The van der Waals surface area contributed by atoms with Crippen LogP contribution in [-0.4, -0.2) is 18.0 Å². The van der Waals surface area contributed by atoms with E-state index in [0.29, 0.717) is 35.4 Å². The number of hydrogen-bond acceptors (Lipinski definition) is 5. The van der Waals surface area contributed by atoms with E-state index in [-0.39, 0.29) is 18.1 Å². The molecule has 0 amide bonds. The van der Waals surface area contributed by atoms with Crippen LogP contribution in [0.4, 0.5) is 11.4 Å². The molecule has 6 nitrogen and oxygen atoms in total. The van der Waals surface area contributed by atoms with E-state index in [2.05, 4.69) is 10.6 Å². The average molecular weight is 457 g/mol. The fourth-order valence-corrected chi connectivity index (χ4v) is 3.17. The molecule has 3 rings (SSSR count). The van der Waals surface area contributed by atoms with Crippen LogP contribution >= 0.6 is 35.6 Å². The fourth-order valence-electron chi connectivity index (χ4n) is 2.75. The minimum Gasteiger partial charge on any atom is -0.460 e. The Morgan fingerprint density at radius 3 is 2.59 bits per heavy atom. The molecular weight excluding hydrogens is 437 g/mol. The maximum Gasteiger partial charge on any atom is 0.271 e. The number of anilines is 1. The normalized spacial score (nSPS) is 10.4. The van der Waals surface area contributed by atoms with Gasteiger partial charge >= 0.3 is 0 Å². The molecule has 0 saturated carbocycles. The van der Waals surface area contributed by atoms with Crippen molar-refractivity contribution in [1.29, 1.82) is 0 Å². The zero-order chi connectivity index (χ0) is 20.1. The van der Waals surface area contributed by atoms with Crippen molar-refractivity contribution in [2.45, 2.75) is 13.5 Å². The molecule has 0 spiro atoms. The van der Waals surface area contributed by atoms with Crippen molar-refractivity contribution in [3.8, 4) is 11.3 Å². The van der Waals surface area contributed by atoms with Crippen molar-refractivity contribution < 1.29 is 9.34 Å². The molecule has 1 heterocycles. The van der Waals surface area contributed by atoms with Crippen LogP contribution in [0, 0.1) is 17.0 Å². The smallest absolute Gasteiger partial charge is 0.271 e. The monoisotopic (exact) mass is 455 g/mol. The molecule has 0 aliphatic rings. The summed E-state index contributed by atoms with van der Waals surface area (Å²) in [5, 5.41) is 18.2. The minimum absolute atomic E-state index is 0. The SMILES string of the molecule is Cc1c(Cl)cccc1-c1ccc(CNCCNc2ccc([N+](=O)[O-])cc2Cl)o1.Cl. The highest BCUT2D eigenvalue weighted by Gasteiger charge is 2.10. The van der Waals surface area contributed by atoms with Crippen LogP contribution < -0.4 is 10.6 Å². The Hall–Kier alpha value is -2.25. The Balaban J connectivity index is 0.00000300. The summed E-state index contributed by atoms with van der Waals surface area (Å²) in [5.41, 5.74) is 2.60. The fraction of sp³-hybridized carbons (Fsp3) is 0.200. The quantitative estimate of drug-likeness (QED) is 0.243. The molecule has 3 aromatic rings. The van der Waals surface area contributed by atoms with E-state index < -0.39 is 4.92 Å². The number of non-ortho nitro benzene ring substituents is 1. The number of furan rings is 1. The zero-order valence-corrected chi connectivity index (χ0v) is 17.9. The summed E-state index contributed by atoms with van der Waals surface area (Å²) in [6, 6.07) is 14.0. The van der Waals surface area contributed by atoms with Crippen molar-refractivity contribution >= 4 is 47.0 Å². The predicted molar refractivity (Wildman–Crippen MR) is 119 cm³/mol. The van der Waals surface area contributed by atoms with Gasteiger partial charge in [0, 0.05) is 35.8 Å². The first-order valence-electron chi connectivity index (χ1n) is 8.68. The van der Waals surface area contributed by atoms with Crippen LogP contribution in [0.1, 0.15) is 11.3 Å². The molecule has 0 fully saturated rings. The van der Waals surface area contributed by atoms with Crippen molar-refractivity contribution in [1.82, 2.24) is 5.32 Å². The second kappa shape index (κ2) is 10.5. The average Bonchev–Trinajstić information content (AvgIpc) is 3.13. The van der Waals surface area contributed by atoms with Crippen molar-refractivity contribution in [3.05, 3.63) is 80.0 Å². The highest BCUT2D eigenvalue weighted by Crippen LogP contribution is 2.29. The molecule has 9 heteroatoms. The molecule has 0 atom stereocenters. The summed E-state index contributed by atoms with van der Waals surface area (Å²) in [6.07, 6.45) is 0. The molecule has 0 aliphatic carbocycles. The standard InChI is InChI=1S/C20H19Cl2N3O3.ClH/c1-13-16(3-2-4-17(13)21)20-8-6-15(28-20)12-23-9-10-24-19-7-5-14(25(26)27)11-18(19)22;/h2-8,11,23-24H,9-10,12H2,1H3;1H. The highest BCUT2D eigenvalue weighted by atomic mass is 35.5. The minimum atomic E-state index is -0.472. The number of nitro groups is 1. The predicted octanol–water partition coefficient (Wildman–Crippen LogP) is 6.09. The molecule has 0 radical (unpaired) electrons. The third-order valence-corrected chi connectivity index (χ3v) is 5.00. The Bertz CT molecular complexity index is 992. The first kappa shape index (κ1) is 23.0. The lowest BCUT2D eigenvalue weighted by atomic mass is 10.1. The van der Waals surface area contributed by atoms with E-state index in [1.165, 1.54) is 12.1 Å². The highest BCUT2D eigenvalue weighted by molar-refractivity contribution is 6.33. The molecule has 154 valence electrons. The van der Waals surface area contributed by atoms with Gasteiger partial charge in [0.05, 0.1) is 22.2 Å². The van der Waals surface area contributed by atoms with Crippen LogP contribution in [0.15, 0.2) is 52.9 Å². The summed E-state index contributed by atoms with van der Waals surface area (Å²) in [6.45, 7) is 3.82. The maximum absolute atomic E-state index is 10.7. The van der Waals surface area contributed by atoms with Crippen LogP contribution in [-0.2, 0) is 6.54 Å². The molecule has 0 saturated heterocycles. The van der Waals surface area contributed by atoms with Gasteiger partial charge in [0.15, 0.2) is 0 Å². The Morgan fingerprint density at radius 2 is 1.86 bits per heavy atom. The number of nitrogens with zero attached hydrogens (tertiary/aromatic N) is 1. The second-order valence-electron chi connectivity index (χ2n) is 6.20. The lowest BCUT2D eigenvalue weighted by Crippen LogP contribution is -2.21.